The molecular formula is C18H24FNO3. The molecule has 1 amide bonds. The lowest BCUT2D eigenvalue weighted by molar-refractivity contribution is -0.127. The number of carbonyl (C=O) groups is 1. The zero-order valence-corrected chi connectivity index (χ0v) is 13.7. The Kier molecular flexibility index (Phi) is 6.16. The van der Waals surface area contributed by atoms with Crippen molar-refractivity contribution in [2.45, 2.75) is 31.7 Å². The lowest BCUT2D eigenvalue weighted by Crippen LogP contribution is -2.39. The van der Waals surface area contributed by atoms with Crippen LogP contribution in [0.15, 0.2) is 24.3 Å². The number of hydrogen-bond donors (Lipinski definition) is 1. The minimum Gasteiger partial charge on any atom is -0.494 e. The summed E-state index contributed by atoms with van der Waals surface area (Å²) in [4.78, 5) is 14.0. The van der Waals surface area contributed by atoms with Gasteiger partial charge in [-0.1, -0.05) is 6.07 Å². The summed E-state index contributed by atoms with van der Waals surface area (Å²) < 4.78 is 18.5. The lowest BCUT2D eigenvalue weighted by atomic mass is 9.86. The lowest BCUT2D eigenvalue weighted by Gasteiger charge is -2.33. The standard InChI is InChI=1S/C18H24FNO3/c1-20(15-7-3-14(12-21)4-8-15)18(22)10-6-13-5-9-17(23-2)16(19)11-13/h5-6,9-11,14-15,21H,3-4,7-8,12H2,1-2H3/b10-6+. The van der Waals surface area contributed by atoms with Gasteiger partial charge < -0.3 is 14.7 Å². The molecule has 0 spiro atoms. The van der Waals surface area contributed by atoms with Crippen molar-refractivity contribution in [3.63, 3.8) is 0 Å². The van der Waals surface area contributed by atoms with Crippen LogP contribution in [-0.4, -0.2) is 42.7 Å². The third kappa shape index (κ3) is 4.55. The molecule has 0 atom stereocenters. The molecule has 1 fully saturated rings. The fourth-order valence-electron chi connectivity index (χ4n) is 2.97. The van der Waals surface area contributed by atoms with E-state index in [1.165, 1.54) is 19.3 Å². The van der Waals surface area contributed by atoms with E-state index in [1.54, 1.807) is 30.2 Å². The molecule has 126 valence electrons. The molecule has 0 bridgehead atoms. The van der Waals surface area contributed by atoms with Gasteiger partial charge in [-0.25, -0.2) is 4.39 Å². The van der Waals surface area contributed by atoms with Crippen molar-refractivity contribution < 1.29 is 19.0 Å². The van der Waals surface area contributed by atoms with Crippen LogP contribution in [-0.2, 0) is 4.79 Å². The van der Waals surface area contributed by atoms with E-state index in [0.717, 1.165) is 25.7 Å². The number of aliphatic hydroxyl groups is 1. The van der Waals surface area contributed by atoms with E-state index in [0.29, 0.717) is 11.5 Å². The second-order valence-corrected chi connectivity index (χ2v) is 6.03. The molecule has 4 nitrogen and oxygen atoms in total. The normalized spacial score (nSPS) is 21.4. The van der Waals surface area contributed by atoms with E-state index in [9.17, 15) is 9.18 Å². The summed E-state index contributed by atoms with van der Waals surface area (Å²) in [6.07, 6.45) is 6.81. The van der Waals surface area contributed by atoms with Crippen LogP contribution in [0.5, 0.6) is 5.75 Å². The van der Waals surface area contributed by atoms with E-state index < -0.39 is 5.82 Å². The van der Waals surface area contributed by atoms with E-state index in [-0.39, 0.29) is 24.3 Å². The Morgan fingerprint density at radius 1 is 1.39 bits per heavy atom. The number of likely N-dealkylation sites (N-methyl/N-ethyl adjacent to an activating group) is 1. The van der Waals surface area contributed by atoms with Gasteiger partial charge in [0.2, 0.25) is 5.91 Å². The van der Waals surface area contributed by atoms with Gasteiger partial charge in [0.1, 0.15) is 0 Å². The van der Waals surface area contributed by atoms with Crippen molar-refractivity contribution in [3.05, 3.63) is 35.7 Å². The smallest absolute Gasteiger partial charge is 0.246 e. The number of nitrogens with zero attached hydrogens (tertiary/aromatic N) is 1. The van der Waals surface area contributed by atoms with Crippen molar-refractivity contribution in [1.82, 2.24) is 4.90 Å². The first kappa shape index (κ1) is 17.5. The van der Waals surface area contributed by atoms with Gasteiger partial charge in [0.15, 0.2) is 11.6 Å². The zero-order valence-electron chi connectivity index (χ0n) is 13.7. The first-order valence-electron chi connectivity index (χ1n) is 7.94. The predicted octanol–water partition coefficient (Wildman–Crippen LogP) is 2.86. The van der Waals surface area contributed by atoms with Crippen LogP contribution in [0.3, 0.4) is 0 Å². The highest BCUT2D eigenvalue weighted by molar-refractivity contribution is 5.91. The van der Waals surface area contributed by atoms with E-state index in [2.05, 4.69) is 0 Å². The van der Waals surface area contributed by atoms with Gasteiger partial charge in [-0.05, 0) is 55.4 Å². The van der Waals surface area contributed by atoms with Gasteiger partial charge in [-0.15, -0.1) is 0 Å². The van der Waals surface area contributed by atoms with Crippen molar-refractivity contribution in [2.75, 3.05) is 20.8 Å². The van der Waals surface area contributed by atoms with Crippen molar-refractivity contribution >= 4 is 12.0 Å². The van der Waals surface area contributed by atoms with Gasteiger partial charge in [0, 0.05) is 25.8 Å². The quantitative estimate of drug-likeness (QED) is 0.849. The fraction of sp³-hybridized carbons (Fsp3) is 0.500. The molecule has 1 N–H and O–H groups in total. The molecule has 1 aliphatic carbocycles. The predicted molar refractivity (Wildman–Crippen MR) is 87.6 cm³/mol. The third-order valence-electron chi connectivity index (χ3n) is 4.56. The Morgan fingerprint density at radius 3 is 2.65 bits per heavy atom. The second kappa shape index (κ2) is 8.11. The summed E-state index contributed by atoms with van der Waals surface area (Å²) in [5.41, 5.74) is 0.619. The summed E-state index contributed by atoms with van der Waals surface area (Å²) in [6.45, 7) is 0.229. The largest absolute Gasteiger partial charge is 0.494 e. The number of halogens is 1. The molecule has 0 aromatic heterocycles. The molecule has 0 aliphatic heterocycles. The highest BCUT2D eigenvalue weighted by atomic mass is 19.1. The highest BCUT2D eigenvalue weighted by Gasteiger charge is 2.25. The fourth-order valence-corrected chi connectivity index (χ4v) is 2.97. The van der Waals surface area contributed by atoms with Gasteiger partial charge >= 0.3 is 0 Å². The molecule has 1 aliphatic rings. The van der Waals surface area contributed by atoms with E-state index in [1.807, 2.05) is 0 Å². The van der Waals surface area contributed by atoms with Crippen LogP contribution < -0.4 is 4.74 Å². The van der Waals surface area contributed by atoms with Crippen molar-refractivity contribution in [1.29, 1.82) is 0 Å². The Morgan fingerprint density at radius 2 is 2.09 bits per heavy atom. The first-order valence-corrected chi connectivity index (χ1v) is 7.94. The van der Waals surface area contributed by atoms with Crippen LogP contribution in [0.4, 0.5) is 4.39 Å². The number of benzene rings is 1. The summed E-state index contributed by atoms with van der Waals surface area (Å²) in [6, 6.07) is 4.80. The SMILES string of the molecule is COc1ccc(/C=C/C(=O)N(C)C2CCC(CO)CC2)cc1F. The maximum absolute atomic E-state index is 13.6. The van der Waals surface area contributed by atoms with E-state index in [4.69, 9.17) is 9.84 Å². The molecule has 0 radical (unpaired) electrons. The molecule has 1 aromatic carbocycles. The number of carbonyl (C=O) groups excluding carboxylic acids is 1. The first-order chi connectivity index (χ1) is 11.0. The molecule has 1 aromatic rings. The van der Waals surface area contributed by atoms with Crippen molar-refractivity contribution in [3.8, 4) is 5.75 Å². The van der Waals surface area contributed by atoms with Crippen LogP contribution in [0.2, 0.25) is 0 Å². The number of methoxy groups -OCH3 is 1. The minimum absolute atomic E-state index is 0.0892. The number of aliphatic hydroxyl groups excluding tert-OH is 1. The monoisotopic (exact) mass is 321 g/mol. The Balaban J connectivity index is 1.94. The van der Waals surface area contributed by atoms with Crippen LogP contribution in [0.25, 0.3) is 6.08 Å². The maximum Gasteiger partial charge on any atom is 0.246 e. The third-order valence-corrected chi connectivity index (χ3v) is 4.56. The Hall–Kier alpha value is -1.88. The van der Waals surface area contributed by atoms with E-state index >= 15 is 0 Å². The summed E-state index contributed by atoms with van der Waals surface area (Å²) in [5.74, 6) is 0.0188. The summed E-state index contributed by atoms with van der Waals surface area (Å²) in [5, 5.41) is 9.16. The molecule has 1 saturated carbocycles. The number of hydrogen-bond acceptors (Lipinski definition) is 3. The number of amides is 1. The zero-order chi connectivity index (χ0) is 16.8. The second-order valence-electron chi connectivity index (χ2n) is 6.03. The summed E-state index contributed by atoms with van der Waals surface area (Å²) >= 11 is 0. The molecule has 2 rings (SSSR count). The van der Waals surface area contributed by atoms with Crippen LogP contribution in [0.1, 0.15) is 31.2 Å². The number of rotatable bonds is 5. The van der Waals surface area contributed by atoms with Gasteiger partial charge in [0.25, 0.3) is 0 Å². The molecule has 5 heteroatoms. The molecule has 0 heterocycles. The molecule has 0 saturated heterocycles. The average Bonchev–Trinajstić information content (AvgIpc) is 2.59. The summed E-state index contributed by atoms with van der Waals surface area (Å²) in [7, 11) is 3.21. The maximum atomic E-state index is 13.6. The van der Waals surface area contributed by atoms with Gasteiger partial charge in [-0.3, -0.25) is 4.79 Å². The van der Waals surface area contributed by atoms with Gasteiger partial charge in [0.05, 0.1) is 7.11 Å². The molecule has 23 heavy (non-hydrogen) atoms. The minimum atomic E-state index is -0.447. The van der Waals surface area contributed by atoms with Crippen LogP contribution >= 0.6 is 0 Å². The highest BCUT2D eigenvalue weighted by Crippen LogP contribution is 2.27. The Bertz CT molecular complexity index is 565. The van der Waals surface area contributed by atoms with Crippen LogP contribution in [0, 0.1) is 11.7 Å². The Labute approximate surface area is 136 Å². The number of ether oxygens (including phenoxy) is 1. The molecular weight excluding hydrogens is 297 g/mol. The average molecular weight is 321 g/mol. The van der Waals surface area contributed by atoms with Gasteiger partial charge in [-0.2, -0.15) is 0 Å². The molecule has 0 unspecified atom stereocenters. The topological polar surface area (TPSA) is 49.8 Å². The van der Waals surface area contributed by atoms with Crippen molar-refractivity contribution in [2.24, 2.45) is 5.92 Å².